The van der Waals surface area contributed by atoms with E-state index in [0.717, 1.165) is 30.7 Å². The zero-order chi connectivity index (χ0) is 17.5. The number of nitrogens with zero attached hydrogens (tertiary/aromatic N) is 4. The summed E-state index contributed by atoms with van der Waals surface area (Å²) in [5.41, 5.74) is 1.50. The topological polar surface area (TPSA) is 47.8 Å². The minimum atomic E-state index is -5.42. The molecule has 0 radical (unpaired) electrons. The SMILES string of the molecule is C[N+]1=C(n2n[n+]([O-])c3ccccc32)CCC1.[Cl][Sb-]([Cl])([Cl])([Cl])([Cl])[Cl]. The summed E-state index contributed by atoms with van der Waals surface area (Å²) in [7, 11) is 27.0. The predicted molar refractivity (Wildman–Crippen MR) is 100 cm³/mol. The van der Waals surface area contributed by atoms with Gasteiger partial charge in [-0.2, -0.15) is 0 Å². The fourth-order valence-corrected chi connectivity index (χ4v) is 2.24. The van der Waals surface area contributed by atoms with Gasteiger partial charge in [0, 0.05) is 0 Å². The van der Waals surface area contributed by atoms with Crippen molar-refractivity contribution in [2.45, 2.75) is 12.8 Å². The van der Waals surface area contributed by atoms with Gasteiger partial charge in [0.1, 0.15) is 5.21 Å². The second-order valence-corrected chi connectivity index (χ2v) is 62.0. The number of halogens is 6. The first-order valence-corrected chi connectivity index (χ1v) is 25.8. The Hall–Kier alpha value is 0.648. The Labute approximate surface area is 153 Å². The molecule has 5 nitrogen and oxygen atoms in total. The van der Waals surface area contributed by atoms with Gasteiger partial charge in [-0.15, -0.1) is 4.85 Å². The van der Waals surface area contributed by atoms with Crippen LogP contribution in [0.1, 0.15) is 12.8 Å². The zero-order valence-electron chi connectivity index (χ0n) is 11.8. The van der Waals surface area contributed by atoms with Crippen molar-refractivity contribution in [3.8, 4) is 0 Å². The van der Waals surface area contributed by atoms with E-state index in [9.17, 15) is 5.21 Å². The third-order valence-corrected chi connectivity index (χ3v) is 3.07. The van der Waals surface area contributed by atoms with Crippen LogP contribution in [0, 0.1) is 5.21 Å². The van der Waals surface area contributed by atoms with Gasteiger partial charge in [0.15, 0.2) is 0 Å². The maximum atomic E-state index is 11.6. The summed E-state index contributed by atoms with van der Waals surface area (Å²) in [5.74, 6) is 1.10. The van der Waals surface area contributed by atoms with Crippen molar-refractivity contribution in [2.75, 3.05) is 13.6 Å². The standard InChI is InChI=1S/C11H13N4O.6ClH.Sb/c1-13-8-4-7-11(13)14-9-5-2-3-6-10(9)15(16)12-14;;;;;;;/h2-3,5-6H,4,7-8H2,1H3;6*1H;/q+1;;;;;;;+5/p-6. The molecule has 2 heterocycles. The first-order chi connectivity index (χ1) is 10.2. The molecule has 0 bridgehead atoms. The molecule has 0 fully saturated rings. The fraction of sp³-hybridized carbons (Fsp3) is 0.364. The Morgan fingerprint density at radius 2 is 1.70 bits per heavy atom. The molecule has 1 aliphatic heterocycles. The number of rotatable bonds is 0. The summed E-state index contributed by atoms with van der Waals surface area (Å²) in [6.45, 7) is 1.03. The van der Waals surface area contributed by atoms with Crippen LogP contribution in [0.3, 0.4) is 0 Å². The molecule has 1 aromatic heterocycles. The van der Waals surface area contributed by atoms with Crippen LogP contribution in [0.4, 0.5) is 0 Å². The molecule has 0 N–H and O–H groups in total. The molecular weight excluding hydrogens is 539 g/mol. The van der Waals surface area contributed by atoms with E-state index in [0.29, 0.717) is 10.4 Å². The van der Waals surface area contributed by atoms with E-state index in [2.05, 4.69) is 9.79 Å². The van der Waals surface area contributed by atoms with Crippen molar-refractivity contribution >= 4 is 79.0 Å². The molecule has 3 rings (SSSR count). The monoisotopic (exact) mass is 548 g/mol. The summed E-state index contributed by atoms with van der Waals surface area (Å²) in [6, 6.07) is 7.50. The van der Waals surface area contributed by atoms with E-state index in [-0.39, 0.29) is 0 Å². The number of aromatic nitrogens is 3. The quantitative estimate of drug-likeness (QED) is 0.281. The van der Waals surface area contributed by atoms with Gasteiger partial charge >= 0.3 is 62.1 Å². The van der Waals surface area contributed by atoms with Crippen molar-refractivity contribution in [3.63, 3.8) is 0 Å². The number of fused-ring (bicyclic) bond motifs is 1. The number of hydrogen-bond acceptors (Lipinski definition) is 2. The van der Waals surface area contributed by atoms with Crippen LogP contribution in [0.2, 0.25) is 0 Å². The van der Waals surface area contributed by atoms with Crippen LogP contribution in [-0.4, -0.2) is 43.0 Å². The minimum absolute atomic E-state index is 0.621. The van der Waals surface area contributed by atoms with Crippen LogP contribution in [0.15, 0.2) is 24.3 Å². The van der Waals surface area contributed by atoms with E-state index >= 15 is 0 Å². The van der Waals surface area contributed by atoms with Crippen LogP contribution >= 0.6 is 53.0 Å². The van der Waals surface area contributed by atoms with E-state index < -0.39 is 9.14 Å². The Kier molecular flexibility index (Phi) is 5.31. The summed E-state index contributed by atoms with van der Waals surface area (Å²) >= 11 is 0. The van der Waals surface area contributed by atoms with E-state index in [1.165, 1.54) is 0 Å². The third kappa shape index (κ3) is 6.81. The van der Waals surface area contributed by atoms with Gasteiger partial charge in [0.2, 0.25) is 11.0 Å². The Morgan fingerprint density at radius 1 is 1.13 bits per heavy atom. The predicted octanol–water partition coefficient (Wildman–Crippen LogP) is 4.11. The maximum absolute atomic E-state index is 11.6. The van der Waals surface area contributed by atoms with Gasteiger partial charge in [0.05, 0.1) is 20.0 Å². The molecule has 0 unspecified atom stereocenters. The average Bonchev–Trinajstić information content (AvgIpc) is 2.90. The van der Waals surface area contributed by atoms with Gasteiger partial charge in [-0.1, -0.05) is 16.8 Å². The molecule has 0 atom stereocenters. The third-order valence-electron chi connectivity index (χ3n) is 3.07. The second kappa shape index (κ2) is 6.12. The average molecular weight is 552 g/mol. The summed E-state index contributed by atoms with van der Waals surface area (Å²) in [6.07, 6.45) is 2.10. The fourth-order valence-electron chi connectivity index (χ4n) is 2.24. The van der Waals surface area contributed by atoms with E-state index in [1.807, 2.05) is 25.2 Å². The molecule has 0 amide bonds. The van der Waals surface area contributed by atoms with E-state index in [4.69, 9.17) is 53.0 Å². The Morgan fingerprint density at radius 3 is 2.22 bits per heavy atom. The zero-order valence-corrected chi connectivity index (χ0v) is 18.9. The summed E-state index contributed by atoms with van der Waals surface area (Å²) in [5, 5.41) is 15.6. The van der Waals surface area contributed by atoms with E-state index in [1.54, 1.807) is 10.7 Å². The van der Waals surface area contributed by atoms with Crippen LogP contribution in [0.5, 0.6) is 0 Å². The molecule has 0 aliphatic carbocycles. The van der Waals surface area contributed by atoms with Crippen molar-refractivity contribution in [3.05, 3.63) is 29.5 Å². The number of benzene rings is 1. The van der Waals surface area contributed by atoms with Crippen LogP contribution < -0.4 is 4.85 Å². The number of hydrogen-bond donors (Lipinski definition) is 0. The van der Waals surface area contributed by atoms with Gasteiger partial charge in [-0.3, -0.25) is 4.58 Å². The van der Waals surface area contributed by atoms with Gasteiger partial charge < -0.3 is 5.21 Å². The van der Waals surface area contributed by atoms with Crippen molar-refractivity contribution in [1.82, 2.24) is 9.90 Å². The normalized spacial score (nSPS) is 18.4. The second-order valence-electron chi connectivity index (χ2n) is 5.06. The Bertz CT molecular complexity index is 771. The molecule has 0 saturated carbocycles. The summed E-state index contributed by atoms with van der Waals surface area (Å²) < 4.78 is 3.91. The molecule has 2 aromatic rings. The van der Waals surface area contributed by atoms with Crippen molar-refractivity contribution < 1.29 is 9.42 Å². The Balaban J connectivity index is 0.000000236. The first-order valence-electron chi connectivity index (χ1n) is 6.44. The van der Waals surface area contributed by atoms with Gasteiger partial charge in [-0.25, -0.2) is 0 Å². The number of para-hydroxylation sites is 2. The van der Waals surface area contributed by atoms with Gasteiger partial charge in [-0.05, 0) is 18.6 Å². The summed E-state index contributed by atoms with van der Waals surface area (Å²) in [4.78, 5) is 0.689. The molecule has 1 aromatic carbocycles. The molecule has 0 spiro atoms. The molecular formula is C11H13Cl6N4OSb. The molecule has 23 heavy (non-hydrogen) atoms. The first kappa shape index (κ1) is 20.0. The van der Waals surface area contributed by atoms with Crippen molar-refractivity contribution in [1.29, 1.82) is 0 Å². The van der Waals surface area contributed by atoms with Gasteiger partial charge in [0.25, 0.3) is 5.84 Å². The van der Waals surface area contributed by atoms with Crippen molar-refractivity contribution in [2.24, 2.45) is 0 Å². The van der Waals surface area contributed by atoms with Crippen LogP contribution in [0.25, 0.3) is 11.0 Å². The molecule has 12 heteroatoms. The van der Waals surface area contributed by atoms with Crippen LogP contribution in [-0.2, 0) is 0 Å². The molecule has 1 aliphatic rings. The molecule has 0 saturated heterocycles. The molecule has 130 valence electrons.